The van der Waals surface area contributed by atoms with Crippen molar-refractivity contribution in [3.63, 3.8) is 0 Å². The lowest BCUT2D eigenvalue weighted by Gasteiger charge is -2.28. The second-order valence-electron chi connectivity index (χ2n) is 5.13. The molecule has 0 amide bonds. The highest BCUT2D eigenvalue weighted by molar-refractivity contribution is 6.06. The third kappa shape index (κ3) is 2.59. The number of aromatic nitrogens is 1. The van der Waals surface area contributed by atoms with Gasteiger partial charge in [-0.3, -0.25) is 0 Å². The van der Waals surface area contributed by atoms with Crippen LogP contribution < -0.4 is 4.90 Å². The Balaban J connectivity index is 2.66. The summed E-state index contributed by atoms with van der Waals surface area (Å²) in [4.78, 5) is 17.9. The van der Waals surface area contributed by atoms with Crippen molar-refractivity contribution in [2.24, 2.45) is 0 Å². The van der Waals surface area contributed by atoms with Crippen LogP contribution in [0.1, 0.15) is 37.6 Å². The first-order valence-corrected chi connectivity index (χ1v) is 6.94. The van der Waals surface area contributed by atoms with E-state index in [4.69, 9.17) is 0 Å². The maximum absolute atomic E-state index is 11.3. The lowest BCUT2D eigenvalue weighted by Crippen LogP contribution is -2.32. The molecular formula is C16H20N2O2. The molecule has 0 saturated heterocycles. The number of pyridine rings is 1. The molecule has 0 atom stereocenters. The van der Waals surface area contributed by atoms with Crippen LogP contribution in [-0.2, 0) is 0 Å². The van der Waals surface area contributed by atoms with Crippen LogP contribution in [0.4, 0.5) is 5.82 Å². The molecule has 0 fully saturated rings. The lowest BCUT2D eigenvalue weighted by molar-refractivity contribution is 0.0698. The van der Waals surface area contributed by atoms with Gasteiger partial charge in [0, 0.05) is 29.6 Å². The molecule has 0 spiro atoms. The Kier molecular flexibility index (Phi) is 4.23. The number of hydrogen-bond acceptors (Lipinski definition) is 3. The van der Waals surface area contributed by atoms with Gasteiger partial charge in [0.15, 0.2) is 0 Å². The molecule has 1 N–H and O–H groups in total. The second kappa shape index (κ2) is 5.90. The summed E-state index contributed by atoms with van der Waals surface area (Å²) in [5.41, 5.74) is 0.254. The average molecular weight is 272 g/mol. The number of nitrogens with zero attached hydrogens (tertiary/aromatic N) is 2. The minimum atomic E-state index is -0.938. The predicted molar refractivity (Wildman–Crippen MR) is 81.5 cm³/mol. The number of carbonyl (C=O) groups is 1. The molecule has 0 radical (unpaired) electrons. The van der Waals surface area contributed by atoms with Gasteiger partial charge in [-0.15, -0.1) is 0 Å². The summed E-state index contributed by atoms with van der Waals surface area (Å²) in [7, 11) is 0. The molecule has 20 heavy (non-hydrogen) atoms. The number of aromatic carboxylic acids is 1. The van der Waals surface area contributed by atoms with Gasteiger partial charge < -0.3 is 10.0 Å². The molecule has 0 unspecified atom stereocenters. The maximum Gasteiger partial charge on any atom is 0.337 e. The molecule has 0 bridgehead atoms. The Morgan fingerprint density at radius 3 is 2.50 bits per heavy atom. The zero-order chi connectivity index (χ0) is 14.7. The van der Waals surface area contributed by atoms with Crippen LogP contribution in [-0.4, -0.2) is 28.6 Å². The van der Waals surface area contributed by atoms with E-state index in [1.165, 1.54) is 6.20 Å². The predicted octanol–water partition coefficient (Wildman–Crippen LogP) is 3.56. The van der Waals surface area contributed by atoms with Crippen molar-refractivity contribution in [3.8, 4) is 0 Å². The SMILES string of the molecule is CCCN(c1ncc(C(=O)O)c2ccccc12)C(C)C. The van der Waals surface area contributed by atoms with Gasteiger partial charge in [0.05, 0.1) is 5.56 Å². The van der Waals surface area contributed by atoms with Gasteiger partial charge in [-0.2, -0.15) is 0 Å². The van der Waals surface area contributed by atoms with Gasteiger partial charge in [-0.25, -0.2) is 9.78 Å². The topological polar surface area (TPSA) is 53.4 Å². The van der Waals surface area contributed by atoms with E-state index in [1.807, 2.05) is 24.3 Å². The number of rotatable bonds is 5. The highest BCUT2D eigenvalue weighted by atomic mass is 16.4. The molecule has 0 aliphatic rings. The molecule has 106 valence electrons. The minimum absolute atomic E-state index is 0.254. The Bertz CT molecular complexity index is 623. The number of benzene rings is 1. The summed E-state index contributed by atoms with van der Waals surface area (Å²) < 4.78 is 0. The Morgan fingerprint density at radius 2 is 1.95 bits per heavy atom. The number of fused-ring (bicyclic) bond motifs is 1. The molecule has 2 rings (SSSR count). The monoisotopic (exact) mass is 272 g/mol. The van der Waals surface area contributed by atoms with Gasteiger partial charge in [0.2, 0.25) is 0 Å². The van der Waals surface area contributed by atoms with Crippen molar-refractivity contribution in [1.29, 1.82) is 0 Å². The maximum atomic E-state index is 11.3. The van der Waals surface area contributed by atoms with Crippen molar-refractivity contribution in [2.45, 2.75) is 33.2 Å². The van der Waals surface area contributed by atoms with Gasteiger partial charge in [0.1, 0.15) is 5.82 Å². The first-order valence-electron chi connectivity index (χ1n) is 6.94. The summed E-state index contributed by atoms with van der Waals surface area (Å²) in [6.07, 6.45) is 2.49. The quantitative estimate of drug-likeness (QED) is 0.904. The number of anilines is 1. The van der Waals surface area contributed by atoms with Crippen molar-refractivity contribution in [1.82, 2.24) is 4.98 Å². The number of carboxylic acids is 1. The first kappa shape index (κ1) is 14.3. The van der Waals surface area contributed by atoms with Crippen molar-refractivity contribution in [3.05, 3.63) is 36.0 Å². The van der Waals surface area contributed by atoms with Gasteiger partial charge >= 0.3 is 5.97 Å². The Labute approximate surface area is 119 Å². The number of carboxylic acid groups (broad SMARTS) is 1. The molecule has 1 aromatic carbocycles. The zero-order valence-electron chi connectivity index (χ0n) is 12.1. The molecule has 4 nitrogen and oxygen atoms in total. The van der Waals surface area contributed by atoms with E-state index in [1.54, 1.807) is 0 Å². The summed E-state index contributed by atoms with van der Waals surface area (Å²) >= 11 is 0. The number of hydrogen-bond donors (Lipinski definition) is 1. The van der Waals surface area contributed by atoms with Crippen molar-refractivity contribution in [2.75, 3.05) is 11.4 Å². The van der Waals surface area contributed by atoms with E-state index in [-0.39, 0.29) is 5.56 Å². The van der Waals surface area contributed by atoms with Gasteiger partial charge in [0.25, 0.3) is 0 Å². The lowest BCUT2D eigenvalue weighted by atomic mass is 10.1. The van der Waals surface area contributed by atoms with E-state index < -0.39 is 5.97 Å². The van der Waals surface area contributed by atoms with Crippen molar-refractivity contribution >= 4 is 22.6 Å². The average Bonchev–Trinajstić information content (AvgIpc) is 2.43. The van der Waals surface area contributed by atoms with E-state index in [9.17, 15) is 9.90 Å². The summed E-state index contributed by atoms with van der Waals surface area (Å²) in [6, 6.07) is 7.88. The van der Waals surface area contributed by atoms with Crippen LogP contribution in [0.3, 0.4) is 0 Å². The normalized spacial score (nSPS) is 11.0. The zero-order valence-corrected chi connectivity index (χ0v) is 12.1. The fraction of sp³-hybridized carbons (Fsp3) is 0.375. The molecule has 1 aromatic heterocycles. The van der Waals surface area contributed by atoms with E-state index >= 15 is 0 Å². The molecular weight excluding hydrogens is 252 g/mol. The molecule has 0 saturated carbocycles. The molecule has 1 heterocycles. The van der Waals surface area contributed by atoms with E-state index in [0.29, 0.717) is 6.04 Å². The third-order valence-corrected chi connectivity index (χ3v) is 3.36. The van der Waals surface area contributed by atoms with Crippen LogP contribution >= 0.6 is 0 Å². The summed E-state index contributed by atoms with van der Waals surface area (Å²) in [5, 5.41) is 10.9. The second-order valence-corrected chi connectivity index (χ2v) is 5.13. The largest absolute Gasteiger partial charge is 0.478 e. The van der Waals surface area contributed by atoms with Crippen LogP contribution in [0.2, 0.25) is 0 Å². The summed E-state index contributed by atoms with van der Waals surface area (Å²) in [6.45, 7) is 7.28. The Hall–Kier alpha value is -2.10. The minimum Gasteiger partial charge on any atom is -0.478 e. The highest BCUT2D eigenvalue weighted by Crippen LogP contribution is 2.28. The first-order chi connectivity index (χ1) is 9.56. The highest BCUT2D eigenvalue weighted by Gasteiger charge is 2.17. The van der Waals surface area contributed by atoms with Crippen LogP contribution in [0.5, 0.6) is 0 Å². The Morgan fingerprint density at radius 1 is 1.30 bits per heavy atom. The third-order valence-electron chi connectivity index (χ3n) is 3.36. The van der Waals surface area contributed by atoms with Crippen LogP contribution in [0.25, 0.3) is 10.8 Å². The fourth-order valence-corrected chi connectivity index (χ4v) is 2.43. The smallest absolute Gasteiger partial charge is 0.337 e. The molecule has 4 heteroatoms. The standard InChI is InChI=1S/C16H20N2O2/c1-4-9-18(11(2)3)15-13-8-6-5-7-12(13)14(10-17-15)16(19)20/h5-8,10-11H,4,9H2,1-3H3,(H,19,20). The summed E-state index contributed by atoms with van der Waals surface area (Å²) in [5.74, 6) is -0.0747. The molecule has 0 aliphatic carbocycles. The van der Waals surface area contributed by atoms with E-state index in [2.05, 4.69) is 30.7 Å². The van der Waals surface area contributed by atoms with Crippen molar-refractivity contribution < 1.29 is 9.90 Å². The van der Waals surface area contributed by atoms with Gasteiger partial charge in [-0.1, -0.05) is 31.2 Å². The molecule has 2 aromatic rings. The van der Waals surface area contributed by atoms with Crippen LogP contribution in [0, 0.1) is 0 Å². The molecule has 0 aliphatic heterocycles. The van der Waals surface area contributed by atoms with E-state index in [0.717, 1.165) is 29.6 Å². The fourth-order valence-electron chi connectivity index (χ4n) is 2.43. The van der Waals surface area contributed by atoms with Gasteiger partial charge in [-0.05, 0) is 20.3 Å². The van der Waals surface area contributed by atoms with Crippen LogP contribution in [0.15, 0.2) is 30.5 Å².